The second-order valence-corrected chi connectivity index (χ2v) is 4.27. The van der Waals surface area contributed by atoms with Gasteiger partial charge in [-0.3, -0.25) is 4.79 Å². The number of carbonyl (C=O) groups is 1. The van der Waals surface area contributed by atoms with Gasteiger partial charge in [0.05, 0.1) is 12.1 Å². The number of rotatable bonds is 0. The summed E-state index contributed by atoms with van der Waals surface area (Å²) in [4.78, 5) is 13.6. The minimum absolute atomic E-state index is 0.277. The van der Waals surface area contributed by atoms with Gasteiger partial charge in [-0.15, -0.1) is 0 Å². The summed E-state index contributed by atoms with van der Waals surface area (Å²) in [5.41, 5.74) is 3.80. The van der Waals surface area contributed by atoms with Crippen LogP contribution in [0.15, 0.2) is 18.2 Å². The van der Waals surface area contributed by atoms with E-state index in [1.165, 1.54) is 16.8 Å². The van der Waals surface area contributed by atoms with Crippen molar-refractivity contribution in [2.75, 3.05) is 11.4 Å². The fourth-order valence-corrected chi connectivity index (χ4v) is 2.58. The molecule has 14 heavy (non-hydrogen) atoms. The fraction of sp³-hybridized carbons (Fsp3) is 0.417. The van der Waals surface area contributed by atoms with Crippen LogP contribution in [0.4, 0.5) is 5.69 Å². The zero-order valence-electron chi connectivity index (χ0n) is 8.29. The molecule has 3 rings (SSSR count). The molecule has 0 fully saturated rings. The van der Waals surface area contributed by atoms with Gasteiger partial charge in [0.15, 0.2) is 0 Å². The van der Waals surface area contributed by atoms with E-state index < -0.39 is 0 Å². The molecule has 72 valence electrons. The summed E-state index contributed by atoms with van der Waals surface area (Å²) < 4.78 is 0. The van der Waals surface area contributed by atoms with Crippen molar-refractivity contribution in [1.82, 2.24) is 0 Å². The summed E-state index contributed by atoms with van der Waals surface area (Å²) >= 11 is 0. The molecule has 2 aliphatic heterocycles. The Morgan fingerprint density at radius 3 is 3.14 bits per heavy atom. The molecule has 2 heteroatoms. The molecule has 2 heterocycles. The van der Waals surface area contributed by atoms with Crippen molar-refractivity contribution in [1.29, 1.82) is 0 Å². The predicted octanol–water partition coefficient (Wildman–Crippen LogP) is 2.08. The fourth-order valence-electron chi connectivity index (χ4n) is 2.58. The van der Waals surface area contributed by atoms with Crippen molar-refractivity contribution in [2.24, 2.45) is 0 Å². The molecule has 0 saturated carbocycles. The summed E-state index contributed by atoms with van der Waals surface area (Å²) in [5.74, 6) is 0.881. The molecule has 1 unspecified atom stereocenters. The minimum atomic E-state index is 0.277. The maximum Gasteiger partial charge on any atom is 0.231 e. The number of nitrogens with zero attached hydrogens (tertiary/aromatic N) is 1. The van der Waals surface area contributed by atoms with E-state index in [1.54, 1.807) is 0 Å². The SMILES string of the molecule is CC1CCN2C(=O)Cc3cccc1c32. The molecule has 0 N–H and O–H groups in total. The van der Waals surface area contributed by atoms with E-state index in [9.17, 15) is 4.79 Å². The molecule has 0 aliphatic carbocycles. The van der Waals surface area contributed by atoms with Gasteiger partial charge in [0.1, 0.15) is 0 Å². The highest BCUT2D eigenvalue weighted by molar-refractivity contribution is 6.02. The lowest BCUT2D eigenvalue weighted by atomic mass is 9.91. The van der Waals surface area contributed by atoms with Crippen LogP contribution in [-0.4, -0.2) is 12.5 Å². The van der Waals surface area contributed by atoms with Crippen LogP contribution in [0.1, 0.15) is 30.4 Å². The van der Waals surface area contributed by atoms with Crippen LogP contribution < -0.4 is 4.90 Å². The summed E-state index contributed by atoms with van der Waals surface area (Å²) in [5, 5.41) is 0. The third-order valence-corrected chi connectivity index (χ3v) is 3.38. The van der Waals surface area contributed by atoms with Crippen LogP contribution >= 0.6 is 0 Å². The van der Waals surface area contributed by atoms with Gasteiger partial charge in [0, 0.05) is 6.54 Å². The maximum atomic E-state index is 11.7. The van der Waals surface area contributed by atoms with Crippen molar-refractivity contribution < 1.29 is 4.79 Å². The molecule has 0 aromatic heterocycles. The molecule has 1 atom stereocenters. The van der Waals surface area contributed by atoms with E-state index in [0.717, 1.165) is 13.0 Å². The van der Waals surface area contributed by atoms with Crippen LogP contribution in [0.3, 0.4) is 0 Å². The number of carbonyl (C=O) groups excluding carboxylic acids is 1. The zero-order chi connectivity index (χ0) is 9.71. The standard InChI is InChI=1S/C12H13NO/c1-8-5-6-13-11(14)7-9-3-2-4-10(8)12(9)13/h2-4,8H,5-7H2,1H3. The van der Waals surface area contributed by atoms with Gasteiger partial charge in [-0.25, -0.2) is 0 Å². The average molecular weight is 187 g/mol. The first-order chi connectivity index (χ1) is 6.77. The van der Waals surface area contributed by atoms with Crippen molar-refractivity contribution in [3.8, 4) is 0 Å². The molecule has 1 amide bonds. The summed E-state index contributed by atoms with van der Waals surface area (Å²) in [7, 11) is 0. The Hall–Kier alpha value is -1.31. The largest absolute Gasteiger partial charge is 0.312 e. The number of hydrogen-bond acceptors (Lipinski definition) is 1. The number of anilines is 1. The molecular weight excluding hydrogens is 174 g/mol. The van der Waals surface area contributed by atoms with E-state index in [2.05, 4.69) is 25.1 Å². The molecule has 2 aliphatic rings. The Balaban J connectivity index is 2.25. The van der Waals surface area contributed by atoms with E-state index >= 15 is 0 Å². The number of para-hydroxylation sites is 1. The van der Waals surface area contributed by atoms with Gasteiger partial charge >= 0.3 is 0 Å². The molecule has 0 bridgehead atoms. The van der Waals surface area contributed by atoms with Gasteiger partial charge in [0.2, 0.25) is 5.91 Å². The molecule has 2 nitrogen and oxygen atoms in total. The highest BCUT2D eigenvalue weighted by Gasteiger charge is 2.33. The number of benzene rings is 1. The van der Waals surface area contributed by atoms with Crippen molar-refractivity contribution in [2.45, 2.75) is 25.7 Å². The Kier molecular flexibility index (Phi) is 1.49. The molecule has 1 aromatic carbocycles. The predicted molar refractivity (Wildman–Crippen MR) is 55.5 cm³/mol. The summed E-state index contributed by atoms with van der Waals surface area (Å²) in [6.45, 7) is 3.15. The van der Waals surface area contributed by atoms with E-state index in [4.69, 9.17) is 0 Å². The van der Waals surface area contributed by atoms with E-state index in [0.29, 0.717) is 12.3 Å². The van der Waals surface area contributed by atoms with E-state index in [1.807, 2.05) is 4.90 Å². The molecule has 1 aromatic rings. The Labute approximate surface area is 83.5 Å². The third-order valence-electron chi connectivity index (χ3n) is 3.38. The Morgan fingerprint density at radius 1 is 1.43 bits per heavy atom. The number of amides is 1. The minimum Gasteiger partial charge on any atom is -0.312 e. The maximum absolute atomic E-state index is 11.7. The highest BCUT2D eigenvalue weighted by atomic mass is 16.2. The van der Waals surface area contributed by atoms with E-state index in [-0.39, 0.29) is 5.91 Å². The highest BCUT2D eigenvalue weighted by Crippen LogP contribution is 2.41. The van der Waals surface area contributed by atoms with Gasteiger partial charge in [-0.1, -0.05) is 25.1 Å². The van der Waals surface area contributed by atoms with Gasteiger partial charge in [0.25, 0.3) is 0 Å². The number of hydrogen-bond donors (Lipinski definition) is 0. The quantitative estimate of drug-likeness (QED) is 0.609. The molecule has 0 saturated heterocycles. The normalized spacial score (nSPS) is 23.9. The average Bonchev–Trinajstić information content (AvgIpc) is 2.50. The first-order valence-corrected chi connectivity index (χ1v) is 5.19. The Bertz CT molecular complexity index is 411. The summed E-state index contributed by atoms with van der Waals surface area (Å²) in [6.07, 6.45) is 1.71. The van der Waals surface area contributed by atoms with Crippen LogP contribution in [-0.2, 0) is 11.2 Å². The lowest BCUT2D eigenvalue weighted by molar-refractivity contribution is -0.117. The second kappa shape index (κ2) is 2.59. The topological polar surface area (TPSA) is 20.3 Å². The van der Waals surface area contributed by atoms with Crippen LogP contribution in [0.2, 0.25) is 0 Å². The van der Waals surface area contributed by atoms with Crippen LogP contribution in [0.5, 0.6) is 0 Å². The van der Waals surface area contributed by atoms with Crippen molar-refractivity contribution >= 4 is 11.6 Å². The molecule has 0 radical (unpaired) electrons. The van der Waals surface area contributed by atoms with Gasteiger partial charge < -0.3 is 4.90 Å². The first kappa shape index (κ1) is 8.04. The van der Waals surface area contributed by atoms with Crippen LogP contribution in [0, 0.1) is 0 Å². The lowest BCUT2D eigenvalue weighted by Gasteiger charge is -2.29. The van der Waals surface area contributed by atoms with Crippen molar-refractivity contribution in [3.63, 3.8) is 0 Å². The third kappa shape index (κ3) is 0.884. The molecule has 0 spiro atoms. The summed E-state index contributed by atoms with van der Waals surface area (Å²) in [6, 6.07) is 6.32. The first-order valence-electron chi connectivity index (χ1n) is 5.19. The second-order valence-electron chi connectivity index (χ2n) is 4.27. The van der Waals surface area contributed by atoms with Gasteiger partial charge in [-0.05, 0) is 23.5 Å². The lowest BCUT2D eigenvalue weighted by Crippen LogP contribution is -2.32. The van der Waals surface area contributed by atoms with Crippen molar-refractivity contribution in [3.05, 3.63) is 29.3 Å². The zero-order valence-corrected chi connectivity index (χ0v) is 8.29. The van der Waals surface area contributed by atoms with Gasteiger partial charge in [-0.2, -0.15) is 0 Å². The monoisotopic (exact) mass is 187 g/mol. The Morgan fingerprint density at radius 2 is 2.29 bits per heavy atom. The molecular formula is C12H13NO. The smallest absolute Gasteiger partial charge is 0.231 e. The van der Waals surface area contributed by atoms with Crippen LogP contribution in [0.25, 0.3) is 0 Å².